The van der Waals surface area contributed by atoms with Gasteiger partial charge in [-0.15, -0.1) is 0 Å². The molecule has 2 fully saturated rings. The lowest BCUT2D eigenvalue weighted by molar-refractivity contribution is -0.142. The van der Waals surface area contributed by atoms with Crippen LogP contribution in [0.25, 0.3) is 0 Å². The van der Waals surface area contributed by atoms with Crippen molar-refractivity contribution >= 4 is 15.8 Å². The normalized spacial score (nSPS) is 36.1. The third-order valence-corrected chi connectivity index (χ3v) is 5.83. The van der Waals surface area contributed by atoms with E-state index in [-0.39, 0.29) is 17.7 Å². The molecule has 0 spiro atoms. The Labute approximate surface area is 108 Å². The molecule has 0 aromatic carbocycles. The molecule has 0 aromatic rings. The second-order valence-electron chi connectivity index (χ2n) is 5.51. The van der Waals surface area contributed by atoms with Crippen LogP contribution in [0.1, 0.15) is 38.5 Å². The highest BCUT2D eigenvalue weighted by Gasteiger charge is 2.30. The number of nitrogens with one attached hydrogen (secondary N) is 1. The Morgan fingerprint density at radius 2 is 1.72 bits per heavy atom. The minimum Gasteiger partial charge on any atom is -0.481 e. The van der Waals surface area contributed by atoms with Crippen molar-refractivity contribution in [2.75, 3.05) is 11.5 Å². The Hall–Kier alpha value is -0.620. The Kier molecular flexibility index (Phi) is 4.27. The maximum absolute atomic E-state index is 11.5. The molecule has 104 valence electrons. The third-order valence-electron chi connectivity index (χ3n) is 4.01. The van der Waals surface area contributed by atoms with Gasteiger partial charge in [0.2, 0.25) is 0 Å². The Balaban J connectivity index is 1.79. The van der Waals surface area contributed by atoms with Gasteiger partial charge in [-0.2, -0.15) is 0 Å². The van der Waals surface area contributed by atoms with Crippen LogP contribution in [-0.4, -0.2) is 43.1 Å². The van der Waals surface area contributed by atoms with Gasteiger partial charge in [-0.05, 0) is 38.5 Å². The SMILES string of the molecule is O=C(O)C1CCC(NC2CCCS(=O)(=O)C2)CC1. The maximum Gasteiger partial charge on any atom is 0.306 e. The Morgan fingerprint density at radius 1 is 1.06 bits per heavy atom. The molecule has 1 atom stereocenters. The van der Waals surface area contributed by atoms with Crippen molar-refractivity contribution in [2.24, 2.45) is 5.92 Å². The van der Waals surface area contributed by atoms with Gasteiger partial charge in [0, 0.05) is 12.1 Å². The van der Waals surface area contributed by atoms with E-state index in [0.29, 0.717) is 24.6 Å². The monoisotopic (exact) mass is 275 g/mol. The van der Waals surface area contributed by atoms with Crippen LogP contribution >= 0.6 is 0 Å². The lowest BCUT2D eigenvalue weighted by Gasteiger charge is -2.32. The van der Waals surface area contributed by atoms with Gasteiger partial charge in [0.1, 0.15) is 0 Å². The first-order valence-corrected chi connectivity index (χ1v) is 8.48. The molecule has 0 bridgehead atoms. The number of aliphatic carboxylic acids is 1. The van der Waals surface area contributed by atoms with Crippen LogP contribution in [-0.2, 0) is 14.6 Å². The second-order valence-corrected chi connectivity index (χ2v) is 7.74. The summed E-state index contributed by atoms with van der Waals surface area (Å²) in [5.74, 6) is -0.352. The molecule has 6 heteroatoms. The molecule has 0 aromatic heterocycles. The van der Waals surface area contributed by atoms with E-state index in [1.807, 2.05) is 0 Å². The van der Waals surface area contributed by atoms with Crippen LogP contribution in [0.2, 0.25) is 0 Å². The van der Waals surface area contributed by atoms with E-state index in [2.05, 4.69) is 5.32 Å². The summed E-state index contributed by atoms with van der Waals surface area (Å²) in [5.41, 5.74) is 0. The highest BCUT2D eigenvalue weighted by atomic mass is 32.2. The highest BCUT2D eigenvalue weighted by molar-refractivity contribution is 7.91. The first kappa shape index (κ1) is 13.8. The predicted molar refractivity (Wildman–Crippen MR) is 68.2 cm³/mol. The first-order chi connectivity index (χ1) is 8.46. The van der Waals surface area contributed by atoms with Crippen LogP contribution in [0.3, 0.4) is 0 Å². The Morgan fingerprint density at radius 3 is 2.28 bits per heavy atom. The number of carboxylic acids is 1. The van der Waals surface area contributed by atoms with Gasteiger partial charge in [-0.3, -0.25) is 4.79 Å². The zero-order valence-corrected chi connectivity index (χ0v) is 11.3. The standard InChI is InChI=1S/C12H21NO4S/c14-12(15)9-3-5-10(6-4-9)13-11-2-1-7-18(16,17)8-11/h9-11,13H,1-8H2,(H,14,15). The van der Waals surface area contributed by atoms with Gasteiger partial charge in [-0.1, -0.05) is 0 Å². The molecule has 2 aliphatic rings. The summed E-state index contributed by atoms with van der Waals surface area (Å²) in [6.45, 7) is 0. The van der Waals surface area contributed by atoms with Gasteiger partial charge in [-0.25, -0.2) is 8.42 Å². The maximum atomic E-state index is 11.5. The molecule has 18 heavy (non-hydrogen) atoms. The number of carbonyl (C=O) groups is 1. The first-order valence-electron chi connectivity index (χ1n) is 6.65. The number of sulfone groups is 1. The molecule has 2 rings (SSSR count). The minimum atomic E-state index is -2.86. The number of rotatable bonds is 3. The van der Waals surface area contributed by atoms with Crippen LogP contribution < -0.4 is 5.32 Å². The van der Waals surface area contributed by atoms with Gasteiger partial charge >= 0.3 is 5.97 Å². The number of carboxylic acid groups (broad SMARTS) is 1. The summed E-state index contributed by atoms with van der Waals surface area (Å²) >= 11 is 0. The lowest BCUT2D eigenvalue weighted by atomic mass is 9.86. The summed E-state index contributed by atoms with van der Waals surface area (Å²) in [7, 11) is -2.86. The fourth-order valence-corrected chi connectivity index (χ4v) is 4.64. The number of hydrogen-bond donors (Lipinski definition) is 2. The molecule has 1 saturated carbocycles. The van der Waals surface area contributed by atoms with Gasteiger partial charge in [0.25, 0.3) is 0 Å². The second kappa shape index (κ2) is 5.57. The quantitative estimate of drug-likeness (QED) is 0.796. The smallest absolute Gasteiger partial charge is 0.306 e. The third kappa shape index (κ3) is 3.68. The molecule has 1 aliphatic heterocycles. The molecule has 0 radical (unpaired) electrons. The highest BCUT2D eigenvalue weighted by Crippen LogP contribution is 2.25. The fourth-order valence-electron chi connectivity index (χ4n) is 2.99. The van der Waals surface area contributed by atoms with E-state index < -0.39 is 15.8 Å². The molecular formula is C12H21NO4S. The van der Waals surface area contributed by atoms with E-state index in [0.717, 1.165) is 25.7 Å². The van der Waals surface area contributed by atoms with Crippen LogP contribution in [0, 0.1) is 5.92 Å². The van der Waals surface area contributed by atoms with Crippen LogP contribution in [0.5, 0.6) is 0 Å². The summed E-state index contributed by atoms with van der Waals surface area (Å²) in [6.07, 6.45) is 4.74. The van der Waals surface area contributed by atoms with E-state index in [1.165, 1.54) is 0 Å². The van der Waals surface area contributed by atoms with Crippen molar-refractivity contribution in [1.82, 2.24) is 5.32 Å². The molecular weight excluding hydrogens is 254 g/mol. The van der Waals surface area contributed by atoms with Crippen molar-refractivity contribution < 1.29 is 18.3 Å². The average Bonchev–Trinajstić information content (AvgIpc) is 2.28. The van der Waals surface area contributed by atoms with Crippen molar-refractivity contribution in [3.63, 3.8) is 0 Å². The lowest BCUT2D eigenvalue weighted by Crippen LogP contribution is -2.46. The van der Waals surface area contributed by atoms with Crippen molar-refractivity contribution in [1.29, 1.82) is 0 Å². The van der Waals surface area contributed by atoms with E-state index in [9.17, 15) is 13.2 Å². The van der Waals surface area contributed by atoms with Crippen LogP contribution in [0.15, 0.2) is 0 Å². The topological polar surface area (TPSA) is 83.5 Å². The van der Waals surface area contributed by atoms with Gasteiger partial charge in [0.15, 0.2) is 9.84 Å². The van der Waals surface area contributed by atoms with Crippen molar-refractivity contribution in [3.8, 4) is 0 Å². The van der Waals surface area contributed by atoms with Gasteiger partial charge < -0.3 is 10.4 Å². The summed E-state index contributed by atoms with van der Waals surface area (Å²) < 4.78 is 23.1. The number of hydrogen-bond acceptors (Lipinski definition) is 4. The zero-order valence-electron chi connectivity index (χ0n) is 10.5. The molecule has 1 unspecified atom stereocenters. The molecule has 5 nitrogen and oxygen atoms in total. The fraction of sp³-hybridized carbons (Fsp3) is 0.917. The summed E-state index contributed by atoms with van der Waals surface area (Å²) in [5, 5.41) is 12.3. The minimum absolute atomic E-state index is 0.0649. The molecule has 1 aliphatic carbocycles. The van der Waals surface area contributed by atoms with E-state index in [4.69, 9.17) is 5.11 Å². The van der Waals surface area contributed by atoms with E-state index >= 15 is 0 Å². The van der Waals surface area contributed by atoms with Gasteiger partial charge in [0.05, 0.1) is 17.4 Å². The van der Waals surface area contributed by atoms with Crippen molar-refractivity contribution in [2.45, 2.75) is 50.6 Å². The van der Waals surface area contributed by atoms with E-state index in [1.54, 1.807) is 0 Å². The Bertz CT molecular complexity index is 398. The zero-order chi connectivity index (χ0) is 13.2. The molecule has 0 amide bonds. The largest absolute Gasteiger partial charge is 0.481 e. The average molecular weight is 275 g/mol. The van der Waals surface area contributed by atoms with Crippen LogP contribution in [0.4, 0.5) is 0 Å². The van der Waals surface area contributed by atoms with Crippen molar-refractivity contribution in [3.05, 3.63) is 0 Å². The summed E-state index contributed by atoms with van der Waals surface area (Å²) in [6, 6.07) is 0.356. The molecule has 2 N–H and O–H groups in total. The predicted octanol–water partition coefficient (Wildman–Crippen LogP) is 0.797. The summed E-state index contributed by atoms with van der Waals surface area (Å²) in [4.78, 5) is 10.8. The molecule has 1 heterocycles. The molecule has 1 saturated heterocycles.